The molecule has 0 atom stereocenters. The molecule has 0 spiro atoms. The first-order chi connectivity index (χ1) is 7.20. The lowest BCUT2D eigenvalue weighted by Crippen LogP contribution is -1.84. The van der Waals surface area contributed by atoms with Gasteiger partial charge in [-0.05, 0) is 18.2 Å². The van der Waals surface area contributed by atoms with E-state index in [0.29, 0.717) is 16.5 Å². The summed E-state index contributed by atoms with van der Waals surface area (Å²) in [6, 6.07) is 5.53. The zero-order chi connectivity index (χ0) is 10.8. The molecule has 15 heavy (non-hydrogen) atoms. The van der Waals surface area contributed by atoms with Gasteiger partial charge in [0.15, 0.2) is 0 Å². The smallest absolute Gasteiger partial charge is 0.139 e. The Morgan fingerprint density at radius 2 is 2.27 bits per heavy atom. The first-order valence-electron chi connectivity index (χ1n) is 4.31. The molecular weight excluding hydrogens is 279 g/mol. The predicted molar refractivity (Wildman–Crippen MR) is 62.7 cm³/mol. The first-order valence-corrected chi connectivity index (χ1v) is 5.48. The Morgan fingerprint density at radius 3 is 2.93 bits per heavy atom. The fraction of sp³-hybridized carbons (Fsp3) is 0.100. The quantitative estimate of drug-likeness (QED) is 0.892. The minimum atomic E-state index is -0.0569. The number of rotatable bonds is 2. The lowest BCUT2D eigenvalue weighted by molar-refractivity contribution is 0.277. The zero-order valence-electron chi connectivity index (χ0n) is 7.67. The summed E-state index contributed by atoms with van der Waals surface area (Å²) < 4.78 is 0.934. The van der Waals surface area contributed by atoms with E-state index in [0.717, 1.165) is 10.0 Å². The van der Waals surface area contributed by atoms with Crippen LogP contribution in [0.4, 0.5) is 0 Å². The number of hydrogen-bond acceptors (Lipinski definition) is 2. The average molecular weight is 288 g/mol. The van der Waals surface area contributed by atoms with Gasteiger partial charge in [0.05, 0.1) is 23.5 Å². The monoisotopic (exact) mass is 286 g/mol. The number of nitrogens with zero attached hydrogens (tertiary/aromatic N) is 1. The van der Waals surface area contributed by atoms with E-state index in [1.807, 2.05) is 12.1 Å². The maximum absolute atomic E-state index is 8.91. The second-order valence-corrected chi connectivity index (χ2v) is 4.36. The van der Waals surface area contributed by atoms with Crippen molar-refractivity contribution >= 4 is 27.5 Å². The highest BCUT2D eigenvalue weighted by atomic mass is 79.9. The summed E-state index contributed by atoms with van der Waals surface area (Å²) in [7, 11) is 0. The number of aliphatic hydroxyl groups excluding tert-OH is 1. The molecule has 0 saturated carbocycles. The van der Waals surface area contributed by atoms with Crippen LogP contribution in [0.5, 0.6) is 0 Å². The van der Waals surface area contributed by atoms with Crippen molar-refractivity contribution in [1.29, 1.82) is 0 Å². The predicted octanol–water partition coefficient (Wildman–Crippen LogP) is 2.98. The van der Waals surface area contributed by atoms with Crippen molar-refractivity contribution in [3.8, 4) is 11.4 Å². The summed E-state index contributed by atoms with van der Waals surface area (Å²) in [5.74, 6) is 0.658. The van der Waals surface area contributed by atoms with E-state index in [1.165, 1.54) is 0 Å². The molecule has 0 unspecified atom stereocenters. The van der Waals surface area contributed by atoms with Crippen LogP contribution < -0.4 is 0 Å². The molecule has 0 aliphatic carbocycles. The minimum Gasteiger partial charge on any atom is -0.390 e. The van der Waals surface area contributed by atoms with Crippen molar-refractivity contribution < 1.29 is 5.11 Å². The van der Waals surface area contributed by atoms with Crippen LogP contribution in [-0.2, 0) is 6.61 Å². The van der Waals surface area contributed by atoms with Gasteiger partial charge in [-0.15, -0.1) is 0 Å². The third kappa shape index (κ3) is 2.22. The van der Waals surface area contributed by atoms with E-state index in [9.17, 15) is 0 Å². The molecule has 1 aromatic carbocycles. The fourth-order valence-corrected chi connectivity index (χ4v) is 1.82. The first kappa shape index (κ1) is 10.7. The number of hydrogen-bond donors (Lipinski definition) is 2. The molecule has 0 aliphatic heterocycles. The number of nitrogens with one attached hydrogen (secondary N) is 1. The third-order valence-corrected chi connectivity index (χ3v) is 2.81. The van der Waals surface area contributed by atoms with Gasteiger partial charge in [0, 0.05) is 10.0 Å². The molecule has 3 nitrogen and oxygen atoms in total. The highest BCUT2D eigenvalue weighted by Gasteiger charge is 2.07. The molecule has 78 valence electrons. The molecule has 2 aromatic rings. The van der Waals surface area contributed by atoms with Crippen LogP contribution in [0.25, 0.3) is 11.4 Å². The Morgan fingerprint density at radius 1 is 1.47 bits per heavy atom. The summed E-state index contributed by atoms with van der Waals surface area (Å²) in [6.45, 7) is -0.0569. The molecule has 0 radical (unpaired) electrons. The Hall–Kier alpha value is -0.840. The molecule has 0 bridgehead atoms. The van der Waals surface area contributed by atoms with Gasteiger partial charge in [-0.1, -0.05) is 27.5 Å². The maximum Gasteiger partial charge on any atom is 0.139 e. The van der Waals surface area contributed by atoms with Gasteiger partial charge in [-0.2, -0.15) is 0 Å². The van der Waals surface area contributed by atoms with E-state index < -0.39 is 0 Å². The normalized spacial score (nSPS) is 10.6. The minimum absolute atomic E-state index is 0.0569. The van der Waals surface area contributed by atoms with Crippen LogP contribution in [0.2, 0.25) is 5.02 Å². The number of H-pyrrole nitrogens is 1. The Balaban J connectivity index is 2.48. The molecule has 0 fully saturated rings. The SMILES string of the molecule is OCc1cnc(-c2cc(Br)ccc2Cl)[nH]1. The maximum atomic E-state index is 8.91. The lowest BCUT2D eigenvalue weighted by atomic mass is 10.2. The highest BCUT2D eigenvalue weighted by Crippen LogP contribution is 2.28. The van der Waals surface area contributed by atoms with Crippen LogP contribution in [0.1, 0.15) is 5.69 Å². The topological polar surface area (TPSA) is 48.9 Å². The van der Waals surface area contributed by atoms with Gasteiger partial charge in [0.1, 0.15) is 5.82 Å². The molecule has 2 rings (SSSR count). The van der Waals surface area contributed by atoms with Gasteiger partial charge < -0.3 is 10.1 Å². The summed E-state index contributed by atoms with van der Waals surface area (Å²) >= 11 is 9.41. The van der Waals surface area contributed by atoms with E-state index in [-0.39, 0.29) is 6.61 Å². The van der Waals surface area contributed by atoms with Crippen molar-refractivity contribution in [3.63, 3.8) is 0 Å². The fourth-order valence-electron chi connectivity index (χ4n) is 1.26. The molecular formula is C10H8BrClN2O. The van der Waals surface area contributed by atoms with Crippen molar-refractivity contribution in [2.24, 2.45) is 0 Å². The molecule has 0 amide bonds. The van der Waals surface area contributed by atoms with Gasteiger partial charge in [-0.25, -0.2) is 4.98 Å². The van der Waals surface area contributed by atoms with E-state index in [4.69, 9.17) is 16.7 Å². The average Bonchev–Trinajstić information content (AvgIpc) is 2.70. The Labute approximate surface area is 100 Å². The third-order valence-electron chi connectivity index (χ3n) is 1.98. The van der Waals surface area contributed by atoms with Gasteiger partial charge >= 0.3 is 0 Å². The second-order valence-electron chi connectivity index (χ2n) is 3.04. The van der Waals surface area contributed by atoms with Crippen molar-refractivity contribution in [1.82, 2.24) is 9.97 Å². The largest absolute Gasteiger partial charge is 0.390 e. The van der Waals surface area contributed by atoms with Crippen LogP contribution in [0.15, 0.2) is 28.9 Å². The van der Waals surface area contributed by atoms with Crippen molar-refractivity contribution in [2.45, 2.75) is 6.61 Å². The standard InChI is InChI=1S/C10H8BrClN2O/c11-6-1-2-9(12)8(3-6)10-13-4-7(5-15)14-10/h1-4,15H,5H2,(H,13,14). The van der Waals surface area contributed by atoms with Crippen LogP contribution in [0.3, 0.4) is 0 Å². The Bertz CT molecular complexity index is 484. The lowest BCUT2D eigenvalue weighted by Gasteiger charge is -2.01. The van der Waals surface area contributed by atoms with E-state index >= 15 is 0 Å². The molecule has 1 heterocycles. The van der Waals surface area contributed by atoms with E-state index in [1.54, 1.807) is 12.3 Å². The van der Waals surface area contributed by atoms with Gasteiger partial charge in [0.2, 0.25) is 0 Å². The molecule has 0 saturated heterocycles. The number of aromatic amines is 1. The summed E-state index contributed by atoms with van der Waals surface area (Å²) in [5.41, 5.74) is 1.48. The van der Waals surface area contributed by atoms with Gasteiger partial charge in [-0.3, -0.25) is 0 Å². The number of imidazole rings is 1. The number of aliphatic hydroxyl groups is 1. The Kier molecular flexibility index (Phi) is 3.09. The summed E-state index contributed by atoms with van der Waals surface area (Å²) in [6.07, 6.45) is 1.59. The van der Waals surface area contributed by atoms with Crippen LogP contribution in [0, 0.1) is 0 Å². The number of aromatic nitrogens is 2. The number of benzene rings is 1. The number of halogens is 2. The molecule has 2 N–H and O–H groups in total. The zero-order valence-corrected chi connectivity index (χ0v) is 10.0. The molecule has 1 aromatic heterocycles. The van der Waals surface area contributed by atoms with E-state index in [2.05, 4.69) is 25.9 Å². The van der Waals surface area contributed by atoms with Crippen molar-refractivity contribution in [2.75, 3.05) is 0 Å². The van der Waals surface area contributed by atoms with Crippen molar-refractivity contribution in [3.05, 3.63) is 39.6 Å². The summed E-state index contributed by atoms with van der Waals surface area (Å²) in [4.78, 5) is 7.12. The molecule has 5 heteroatoms. The van der Waals surface area contributed by atoms with Crippen LogP contribution >= 0.6 is 27.5 Å². The second kappa shape index (κ2) is 4.35. The summed E-state index contributed by atoms with van der Waals surface area (Å²) in [5, 5.41) is 9.53. The van der Waals surface area contributed by atoms with Gasteiger partial charge in [0.25, 0.3) is 0 Å². The highest BCUT2D eigenvalue weighted by molar-refractivity contribution is 9.10. The van der Waals surface area contributed by atoms with Crippen LogP contribution in [-0.4, -0.2) is 15.1 Å². The molecule has 0 aliphatic rings.